The normalized spacial score (nSPS) is 18.2. The van der Waals surface area contributed by atoms with Crippen molar-refractivity contribution in [2.45, 2.75) is 18.4 Å². The molecule has 0 spiro atoms. The topological polar surface area (TPSA) is 79.5 Å². The van der Waals surface area contributed by atoms with Gasteiger partial charge in [-0.2, -0.15) is 0 Å². The lowest BCUT2D eigenvalue weighted by atomic mass is 9.84. The van der Waals surface area contributed by atoms with Gasteiger partial charge in [0.05, 0.1) is 23.2 Å². The lowest BCUT2D eigenvalue weighted by Crippen LogP contribution is -2.44. The second-order valence-electron chi connectivity index (χ2n) is 5.66. The van der Waals surface area contributed by atoms with Gasteiger partial charge in [0.15, 0.2) is 10.9 Å². The van der Waals surface area contributed by atoms with Crippen LogP contribution in [0.4, 0.5) is 5.13 Å². The largest absolute Gasteiger partial charge is 0.385 e. The van der Waals surface area contributed by atoms with Gasteiger partial charge in [0, 0.05) is 13.1 Å². The number of anilines is 1. The fourth-order valence-electron chi connectivity index (χ4n) is 2.82. The van der Waals surface area contributed by atoms with Crippen molar-refractivity contribution in [2.24, 2.45) is 0 Å². The molecule has 116 valence electrons. The third-order valence-corrected chi connectivity index (χ3v) is 5.03. The number of piperidine rings is 1. The highest BCUT2D eigenvalue weighted by Gasteiger charge is 2.34. The molecule has 1 aliphatic rings. The summed E-state index contributed by atoms with van der Waals surface area (Å²) in [6.45, 7) is 1.75. The Morgan fingerprint density at radius 1 is 1.32 bits per heavy atom. The van der Waals surface area contributed by atoms with Crippen LogP contribution in [0, 0.1) is 0 Å². The molecule has 1 aromatic carbocycles. The van der Waals surface area contributed by atoms with E-state index in [0.717, 1.165) is 5.56 Å². The van der Waals surface area contributed by atoms with E-state index in [1.807, 2.05) is 30.3 Å². The van der Waals surface area contributed by atoms with E-state index >= 15 is 0 Å². The van der Waals surface area contributed by atoms with Crippen molar-refractivity contribution >= 4 is 22.3 Å². The Kier molecular flexibility index (Phi) is 4.24. The molecule has 0 radical (unpaired) electrons. The lowest BCUT2D eigenvalue weighted by molar-refractivity contribution is -0.0245. The molecule has 2 aromatic rings. The minimum Gasteiger partial charge on any atom is -0.385 e. The van der Waals surface area contributed by atoms with Gasteiger partial charge >= 0.3 is 0 Å². The number of carbonyl (C=O) groups excluding carboxylic acids is 1. The van der Waals surface area contributed by atoms with Gasteiger partial charge in [0.1, 0.15) is 0 Å². The first-order valence-electron chi connectivity index (χ1n) is 7.32. The van der Waals surface area contributed by atoms with Crippen molar-refractivity contribution in [2.75, 3.05) is 25.4 Å². The zero-order valence-corrected chi connectivity index (χ0v) is 13.1. The number of nitrogen functional groups attached to an aromatic ring is 1. The third kappa shape index (κ3) is 3.19. The maximum absolute atomic E-state index is 12.2. The number of likely N-dealkylation sites (tertiary alicyclic amines) is 1. The first-order valence-corrected chi connectivity index (χ1v) is 8.13. The second kappa shape index (κ2) is 6.16. The Morgan fingerprint density at radius 2 is 2.00 bits per heavy atom. The van der Waals surface area contributed by atoms with Crippen molar-refractivity contribution in [1.82, 2.24) is 9.88 Å². The summed E-state index contributed by atoms with van der Waals surface area (Å²) in [5.41, 5.74) is 5.73. The Bertz CT molecular complexity index is 648. The average molecular weight is 317 g/mol. The third-order valence-electron chi connectivity index (χ3n) is 4.16. The van der Waals surface area contributed by atoms with Crippen LogP contribution in [0.25, 0.3) is 0 Å². The van der Waals surface area contributed by atoms with Gasteiger partial charge < -0.3 is 10.8 Å². The highest BCUT2D eigenvalue weighted by atomic mass is 32.1. The number of Topliss-reactive ketones (excluding diaryl/α,β-unsaturated/α-hetero) is 1. The zero-order chi connectivity index (χ0) is 15.6. The van der Waals surface area contributed by atoms with Crippen LogP contribution in [0.3, 0.4) is 0 Å². The number of aliphatic hydroxyl groups is 1. The highest BCUT2D eigenvalue weighted by Crippen LogP contribution is 2.32. The molecular weight excluding hydrogens is 298 g/mol. The summed E-state index contributed by atoms with van der Waals surface area (Å²) in [6.07, 6.45) is 2.80. The van der Waals surface area contributed by atoms with Crippen LogP contribution < -0.4 is 5.73 Å². The minimum atomic E-state index is -0.782. The molecule has 5 nitrogen and oxygen atoms in total. The molecule has 1 saturated heterocycles. The van der Waals surface area contributed by atoms with Crippen LogP contribution in [0.15, 0.2) is 36.5 Å². The predicted molar refractivity (Wildman–Crippen MR) is 86.9 cm³/mol. The molecule has 2 heterocycles. The summed E-state index contributed by atoms with van der Waals surface area (Å²) in [7, 11) is 0. The summed E-state index contributed by atoms with van der Waals surface area (Å²) < 4.78 is 0. The van der Waals surface area contributed by atoms with E-state index in [4.69, 9.17) is 5.73 Å². The number of thiazole rings is 1. The smallest absolute Gasteiger partial charge is 0.188 e. The number of nitrogens with zero attached hydrogens (tertiary/aromatic N) is 2. The van der Waals surface area contributed by atoms with Gasteiger partial charge in [-0.05, 0) is 18.4 Å². The van der Waals surface area contributed by atoms with Crippen LogP contribution in [-0.4, -0.2) is 40.4 Å². The maximum Gasteiger partial charge on any atom is 0.188 e. The Morgan fingerprint density at radius 3 is 2.59 bits per heavy atom. The molecule has 1 fully saturated rings. The van der Waals surface area contributed by atoms with Gasteiger partial charge in [-0.15, -0.1) is 0 Å². The van der Waals surface area contributed by atoms with Crippen LogP contribution in [-0.2, 0) is 5.60 Å². The van der Waals surface area contributed by atoms with Crippen LogP contribution in [0.1, 0.15) is 28.1 Å². The van der Waals surface area contributed by atoms with Crippen molar-refractivity contribution in [3.8, 4) is 0 Å². The van der Waals surface area contributed by atoms with Crippen molar-refractivity contribution in [1.29, 1.82) is 0 Å². The highest BCUT2D eigenvalue weighted by molar-refractivity contribution is 7.17. The maximum atomic E-state index is 12.2. The number of benzene rings is 1. The predicted octanol–water partition coefficient (Wildman–Crippen LogP) is 1.89. The lowest BCUT2D eigenvalue weighted by Gasteiger charge is -2.38. The SMILES string of the molecule is Nc1ncc(C(=O)CN2CCC(O)(c3ccccc3)CC2)s1. The number of ketones is 1. The molecule has 0 atom stereocenters. The summed E-state index contributed by atoms with van der Waals surface area (Å²) in [5, 5.41) is 11.2. The second-order valence-corrected chi connectivity index (χ2v) is 6.72. The number of aromatic nitrogens is 1. The monoisotopic (exact) mass is 317 g/mol. The first-order chi connectivity index (χ1) is 10.6. The Hall–Kier alpha value is -1.76. The quantitative estimate of drug-likeness (QED) is 0.842. The summed E-state index contributed by atoms with van der Waals surface area (Å²) >= 11 is 1.22. The molecule has 6 heteroatoms. The summed E-state index contributed by atoms with van der Waals surface area (Å²) in [6, 6.07) is 9.75. The molecule has 3 N–H and O–H groups in total. The number of nitrogens with two attached hydrogens (primary N) is 1. The van der Waals surface area contributed by atoms with E-state index in [9.17, 15) is 9.90 Å². The first kappa shape index (κ1) is 15.1. The molecule has 22 heavy (non-hydrogen) atoms. The van der Waals surface area contributed by atoms with E-state index in [-0.39, 0.29) is 5.78 Å². The molecule has 0 bridgehead atoms. The fourth-order valence-corrected chi connectivity index (χ4v) is 3.43. The molecule has 0 unspecified atom stereocenters. The Balaban J connectivity index is 1.59. The van der Waals surface area contributed by atoms with E-state index in [1.54, 1.807) is 0 Å². The summed E-state index contributed by atoms with van der Waals surface area (Å²) in [5.74, 6) is 0.0411. The molecule has 3 rings (SSSR count). The van der Waals surface area contributed by atoms with Gasteiger partial charge in [-0.1, -0.05) is 41.7 Å². The summed E-state index contributed by atoms with van der Waals surface area (Å²) in [4.78, 5) is 18.8. The number of hydrogen-bond acceptors (Lipinski definition) is 6. The van der Waals surface area contributed by atoms with Crippen molar-refractivity contribution in [3.05, 3.63) is 47.0 Å². The molecule has 1 aromatic heterocycles. The number of rotatable bonds is 4. The number of hydrogen-bond donors (Lipinski definition) is 2. The zero-order valence-electron chi connectivity index (χ0n) is 12.2. The van der Waals surface area contributed by atoms with E-state index in [0.29, 0.717) is 42.5 Å². The number of carbonyl (C=O) groups is 1. The van der Waals surface area contributed by atoms with E-state index in [2.05, 4.69) is 9.88 Å². The molecule has 0 amide bonds. The van der Waals surface area contributed by atoms with Crippen molar-refractivity contribution < 1.29 is 9.90 Å². The molecular formula is C16H19N3O2S. The fraction of sp³-hybridized carbons (Fsp3) is 0.375. The van der Waals surface area contributed by atoms with E-state index in [1.165, 1.54) is 17.5 Å². The standard InChI is InChI=1S/C16H19N3O2S/c17-15-18-10-14(22-15)13(20)11-19-8-6-16(21,7-9-19)12-4-2-1-3-5-12/h1-5,10,21H,6-9,11H2,(H2,17,18). The van der Waals surface area contributed by atoms with Gasteiger partial charge in [-0.25, -0.2) is 4.98 Å². The molecule has 1 aliphatic heterocycles. The van der Waals surface area contributed by atoms with Crippen LogP contribution in [0.5, 0.6) is 0 Å². The Labute approximate surface area is 133 Å². The van der Waals surface area contributed by atoms with Gasteiger partial charge in [0.2, 0.25) is 0 Å². The molecule has 0 saturated carbocycles. The van der Waals surface area contributed by atoms with Crippen molar-refractivity contribution in [3.63, 3.8) is 0 Å². The van der Waals surface area contributed by atoms with Crippen LogP contribution >= 0.6 is 11.3 Å². The van der Waals surface area contributed by atoms with Gasteiger partial charge in [-0.3, -0.25) is 9.69 Å². The minimum absolute atomic E-state index is 0.0411. The average Bonchev–Trinajstić information content (AvgIpc) is 2.97. The molecule has 0 aliphatic carbocycles. The van der Waals surface area contributed by atoms with E-state index < -0.39 is 5.60 Å². The van der Waals surface area contributed by atoms with Crippen LogP contribution in [0.2, 0.25) is 0 Å². The van der Waals surface area contributed by atoms with Gasteiger partial charge in [0.25, 0.3) is 0 Å².